The zero-order chi connectivity index (χ0) is 21.6. The third-order valence-electron chi connectivity index (χ3n) is 5.36. The number of carbonyl (C=O) groups excluding carboxylic acids is 2. The number of rotatable bonds is 6. The van der Waals surface area contributed by atoms with Crippen LogP contribution in [0.5, 0.6) is 11.5 Å². The smallest absolute Gasteiger partial charge is 0.313 e. The molecule has 160 valence electrons. The number of benzene rings is 2. The van der Waals surface area contributed by atoms with Gasteiger partial charge in [0.2, 0.25) is 0 Å². The van der Waals surface area contributed by atoms with Gasteiger partial charge in [-0.25, -0.2) is 4.39 Å². The van der Waals surface area contributed by atoms with Crippen molar-refractivity contribution in [2.24, 2.45) is 0 Å². The quantitative estimate of drug-likeness (QED) is 0.707. The van der Waals surface area contributed by atoms with Crippen molar-refractivity contribution >= 4 is 17.5 Å². The molecule has 7 nitrogen and oxygen atoms in total. The van der Waals surface area contributed by atoms with Gasteiger partial charge in [0, 0.05) is 31.2 Å². The Hall–Kier alpha value is -3.13. The molecule has 2 amide bonds. The fraction of sp³-hybridized carbons (Fsp3) is 0.364. The van der Waals surface area contributed by atoms with Crippen LogP contribution in [0.4, 0.5) is 10.1 Å². The van der Waals surface area contributed by atoms with Crippen LogP contribution in [-0.2, 0) is 19.7 Å². The number of methoxy groups -OCH3 is 2. The van der Waals surface area contributed by atoms with Crippen LogP contribution in [0.25, 0.3) is 0 Å². The summed E-state index contributed by atoms with van der Waals surface area (Å²) in [5, 5.41) is 5.27. The molecule has 0 atom stereocenters. The Morgan fingerprint density at radius 1 is 1.03 bits per heavy atom. The summed E-state index contributed by atoms with van der Waals surface area (Å²) in [4.78, 5) is 24.9. The molecule has 0 bridgehead atoms. The van der Waals surface area contributed by atoms with E-state index in [9.17, 15) is 14.0 Å². The first-order valence-electron chi connectivity index (χ1n) is 9.62. The molecule has 0 aromatic heterocycles. The van der Waals surface area contributed by atoms with Gasteiger partial charge in [-0.1, -0.05) is 12.1 Å². The number of carbonyl (C=O) groups is 2. The van der Waals surface area contributed by atoms with Crippen molar-refractivity contribution < 1.29 is 28.2 Å². The molecule has 1 aliphatic heterocycles. The maximum atomic E-state index is 13.3. The standard InChI is InChI=1S/C22H25FN2O5/c1-28-17-7-8-18(19(13-17)29-2)25-21(27)20(26)24-14-22(9-11-30-12-10-22)15-3-5-16(23)6-4-15/h3-8,13H,9-12,14H2,1-2H3,(H,24,26)(H,25,27). The summed E-state index contributed by atoms with van der Waals surface area (Å²) in [6.07, 6.45) is 1.32. The minimum Gasteiger partial charge on any atom is -0.497 e. The van der Waals surface area contributed by atoms with Gasteiger partial charge >= 0.3 is 11.8 Å². The molecular weight excluding hydrogens is 391 g/mol. The first-order chi connectivity index (χ1) is 14.5. The van der Waals surface area contributed by atoms with E-state index in [0.29, 0.717) is 43.2 Å². The Morgan fingerprint density at radius 3 is 2.37 bits per heavy atom. The van der Waals surface area contributed by atoms with Gasteiger partial charge in [-0.05, 0) is 42.7 Å². The highest BCUT2D eigenvalue weighted by atomic mass is 19.1. The summed E-state index contributed by atoms with van der Waals surface area (Å²) < 4.78 is 29.2. The zero-order valence-electron chi connectivity index (χ0n) is 17.0. The number of anilines is 1. The van der Waals surface area contributed by atoms with Crippen molar-refractivity contribution in [3.63, 3.8) is 0 Å². The van der Waals surface area contributed by atoms with Crippen LogP contribution in [0.3, 0.4) is 0 Å². The fourth-order valence-electron chi connectivity index (χ4n) is 3.54. The zero-order valence-corrected chi connectivity index (χ0v) is 17.0. The molecule has 30 heavy (non-hydrogen) atoms. The van der Waals surface area contributed by atoms with Gasteiger partial charge in [-0.15, -0.1) is 0 Å². The predicted octanol–water partition coefficient (Wildman–Crippen LogP) is 2.65. The SMILES string of the molecule is COc1ccc(NC(=O)C(=O)NCC2(c3ccc(F)cc3)CCOCC2)c(OC)c1. The molecule has 8 heteroatoms. The summed E-state index contributed by atoms with van der Waals surface area (Å²) in [5.41, 5.74) is 0.849. The normalized spacial score (nSPS) is 15.2. The maximum Gasteiger partial charge on any atom is 0.313 e. The van der Waals surface area contributed by atoms with Crippen molar-refractivity contribution in [3.05, 3.63) is 53.8 Å². The van der Waals surface area contributed by atoms with Crippen LogP contribution in [0.1, 0.15) is 18.4 Å². The minimum absolute atomic E-state index is 0.244. The molecule has 2 aromatic rings. The number of halogens is 1. The van der Waals surface area contributed by atoms with Crippen LogP contribution in [0.15, 0.2) is 42.5 Å². The molecule has 1 aliphatic rings. The Kier molecular flexibility index (Phi) is 6.89. The molecule has 0 spiro atoms. The molecule has 3 rings (SSSR count). The third kappa shape index (κ3) is 4.88. The van der Waals surface area contributed by atoms with Crippen LogP contribution in [0, 0.1) is 5.82 Å². The van der Waals surface area contributed by atoms with E-state index in [2.05, 4.69) is 10.6 Å². The largest absolute Gasteiger partial charge is 0.497 e. The summed E-state index contributed by atoms with van der Waals surface area (Å²) in [7, 11) is 2.98. The molecular formula is C22H25FN2O5. The third-order valence-corrected chi connectivity index (χ3v) is 5.36. The fourth-order valence-corrected chi connectivity index (χ4v) is 3.54. The molecule has 0 radical (unpaired) electrons. The summed E-state index contributed by atoms with van der Waals surface area (Å²) in [6, 6.07) is 11.1. The topological polar surface area (TPSA) is 85.9 Å². The highest BCUT2D eigenvalue weighted by Gasteiger charge is 2.35. The van der Waals surface area contributed by atoms with E-state index in [1.165, 1.54) is 26.4 Å². The van der Waals surface area contributed by atoms with Crippen LogP contribution in [-0.4, -0.2) is 45.8 Å². The number of amides is 2. The monoisotopic (exact) mass is 416 g/mol. The predicted molar refractivity (Wildman–Crippen MR) is 109 cm³/mol. The van der Waals surface area contributed by atoms with Gasteiger partial charge in [0.25, 0.3) is 0 Å². The van der Waals surface area contributed by atoms with Crippen molar-refractivity contribution in [3.8, 4) is 11.5 Å². The van der Waals surface area contributed by atoms with Crippen molar-refractivity contribution in [1.82, 2.24) is 5.32 Å². The van der Waals surface area contributed by atoms with Crippen LogP contribution >= 0.6 is 0 Å². The van der Waals surface area contributed by atoms with E-state index in [1.54, 1.807) is 30.3 Å². The van der Waals surface area contributed by atoms with Gasteiger partial charge in [-0.2, -0.15) is 0 Å². The molecule has 0 unspecified atom stereocenters. The van der Waals surface area contributed by atoms with Crippen LogP contribution in [0.2, 0.25) is 0 Å². The summed E-state index contributed by atoms with van der Waals surface area (Å²) in [6.45, 7) is 1.30. The van der Waals surface area contributed by atoms with E-state index in [-0.39, 0.29) is 12.4 Å². The second-order valence-electron chi connectivity index (χ2n) is 7.10. The van der Waals surface area contributed by atoms with E-state index >= 15 is 0 Å². The molecule has 2 N–H and O–H groups in total. The minimum atomic E-state index is -0.806. The molecule has 2 aromatic carbocycles. The maximum absolute atomic E-state index is 13.3. The van der Waals surface area contributed by atoms with E-state index in [0.717, 1.165) is 5.56 Å². The van der Waals surface area contributed by atoms with E-state index < -0.39 is 17.2 Å². The Labute approximate surface area is 174 Å². The number of hydrogen-bond donors (Lipinski definition) is 2. The number of hydrogen-bond acceptors (Lipinski definition) is 5. The van der Waals surface area contributed by atoms with Crippen molar-refractivity contribution in [2.75, 3.05) is 39.3 Å². The lowest BCUT2D eigenvalue weighted by molar-refractivity contribution is -0.136. The van der Waals surface area contributed by atoms with Crippen molar-refractivity contribution in [2.45, 2.75) is 18.3 Å². The summed E-state index contributed by atoms with van der Waals surface area (Å²) in [5.74, 6) is -0.948. The summed E-state index contributed by atoms with van der Waals surface area (Å²) >= 11 is 0. The van der Waals surface area contributed by atoms with Crippen molar-refractivity contribution in [1.29, 1.82) is 0 Å². The Morgan fingerprint density at radius 2 is 1.73 bits per heavy atom. The molecule has 1 heterocycles. The van der Waals surface area contributed by atoms with Gasteiger partial charge < -0.3 is 24.8 Å². The van der Waals surface area contributed by atoms with Gasteiger partial charge in [-0.3, -0.25) is 9.59 Å². The van der Waals surface area contributed by atoms with Gasteiger partial charge in [0.05, 0.1) is 19.9 Å². The lowest BCUT2D eigenvalue weighted by Gasteiger charge is -2.37. The van der Waals surface area contributed by atoms with E-state index in [1.807, 2.05) is 0 Å². The first kappa shape index (κ1) is 21.6. The van der Waals surface area contributed by atoms with Crippen LogP contribution < -0.4 is 20.1 Å². The Balaban J connectivity index is 1.68. The Bertz CT molecular complexity index is 895. The average Bonchev–Trinajstić information content (AvgIpc) is 2.78. The molecule has 0 aliphatic carbocycles. The second-order valence-corrected chi connectivity index (χ2v) is 7.10. The highest BCUT2D eigenvalue weighted by molar-refractivity contribution is 6.39. The number of ether oxygens (including phenoxy) is 3. The van der Waals surface area contributed by atoms with Gasteiger partial charge in [0.15, 0.2) is 0 Å². The lowest BCUT2D eigenvalue weighted by Crippen LogP contribution is -2.47. The molecule has 0 saturated carbocycles. The highest BCUT2D eigenvalue weighted by Crippen LogP contribution is 2.34. The molecule has 1 fully saturated rings. The van der Waals surface area contributed by atoms with E-state index in [4.69, 9.17) is 14.2 Å². The average molecular weight is 416 g/mol. The number of nitrogens with one attached hydrogen (secondary N) is 2. The van der Waals surface area contributed by atoms with Gasteiger partial charge in [0.1, 0.15) is 17.3 Å². The first-order valence-corrected chi connectivity index (χ1v) is 9.62. The molecule has 1 saturated heterocycles. The lowest BCUT2D eigenvalue weighted by atomic mass is 9.74. The second kappa shape index (κ2) is 9.58.